The minimum Gasteiger partial charge on any atom is -0.387 e. The number of carbonyl (C=O) groups excluding carboxylic acids is 1. The minimum absolute atomic E-state index is 0.0625. The smallest absolute Gasteiger partial charge is 0.387 e. The first-order chi connectivity index (χ1) is 42.5. The highest BCUT2D eigenvalue weighted by molar-refractivity contribution is 7.47. The highest BCUT2D eigenvalue weighted by Crippen LogP contribution is 2.43. The number of allylic oxidation sites excluding steroid dienone is 11. The first kappa shape index (κ1) is 84.9. The Hall–Kier alpha value is -2.06. The van der Waals surface area contributed by atoms with Gasteiger partial charge < -0.3 is 19.8 Å². The summed E-state index contributed by atoms with van der Waals surface area (Å²) in [6, 6.07) is -0.848. The van der Waals surface area contributed by atoms with E-state index in [9.17, 15) is 19.4 Å². The Labute approximate surface area is 542 Å². The van der Waals surface area contributed by atoms with Crippen LogP contribution in [0.5, 0.6) is 0 Å². The van der Waals surface area contributed by atoms with Gasteiger partial charge >= 0.3 is 7.82 Å². The Morgan fingerprint density at radius 1 is 0.402 bits per heavy atom. The predicted molar refractivity (Wildman–Crippen MR) is 383 cm³/mol. The summed E-state index contributed by atoms with van der Waals surface area (Å²) in [5.41, 5.74) is 0. The molecule has 0 radical (unpaired) electrons. The van der Waals surface area contributed by atoms with Crippen molar-refractivity contribution in [3.05, 3.63) is 72.9 Å². The average molecular weight is 1240 g/mol. The van der Waals surface area contributed by atoms with E-state index in [1.54, 1.807) is 6.08 Å². The molecular weight excluding hydrogens is 1090 g/mol. The maximum atomic E-state index is 13.1. The van der Waals surface area contributed by atoms with Crippen molar-refractivity contribution >= 4 is 13.7 Å². The number of quaternary nitrogens is 1. The Morgan fingerprint density at radius 3 is 1.01 bits per heavy atom. The Morgan fingerprint density at radius 2 is 0.690 bits per heavy atom. The van der Waals surface area contributed by atoms with Gasteiger partial charge in [-0.3, -0.25) is 13.8 Å². The van der Waals surface area contributed by atoms with Gasteiger partial charge in [0, 0.05) is 6.42 Å². The van der Waals surface area contributed by atoms with E-state index in [0.29, 0.717) is 17.4 Å². The fraction of sp³-hybridized carbons (Fsp3) is 0.833. The van der Waals surface area contributed by atoms with Gasteiger partial charge in [-0.15, -0.1) is 0 Å². The fourth-order valence-corrected chi connectivity index (χ4v) is 12.1. The number of unbranched alkanes of at least 4 members (excludes halogenated alkanes) is 47. The molecule has 0 fully saturated rings. The molecule has 0 aliphatic rings. The van der Waals surface area contributed by atoms with Crippen molar-refractivity contribution in [3.63, 3.8) is 0 Å². The molecule has 0 saturated carbocycles. The molecular formula is C78H148N2O6P+. The summed E-state index contributed by atoms with van der Waals surface area (Å²) in [5, 5.41) is 14.0. The zero-order valence-electron chi connectivity index (χ0n) is 58.5. The van der Waals surface area contributed by atoms with Crippen LogP contribution in [0.2, 0.25) is 0 Å². The first-order valence-electron chi connectivity index (χ1n) is 37.8. The van der Waals surface area contributed by atoms with Crippen LogP contribution in [0.15, 0.2) is 72.9 Å². The molecule has 0 aromatic heterocycles. The molecule has 3 atom stereocenters. The van der Waals surface area contributed by atoms with Crippen LogP contribution in [0.1, 0.15) is 367 Å². The summed E-state index contributed by atoms with van der Waals surface area (Å²) in [4.78, 5) is 23.5. The molecule has 0 aromatic rings. The van der Waals surface area contributed by atoms with Gasteiger partial charge in [0.25, 0.3) is 0 Å². The third-order valence-corrected chi connectivity index (χ3v) is 18.2. The molecule has 87 heavy (non-hydrogen) atoms. The molecule has 510 valence electrons. The summed E-state index contributed by atoms with van der Waals surface area (Å²) < 4.78 is 23.9. The van der Waals surface area contributed by atoms with Gasteiger partial charge in [-0.25, -0.2) is 4.57 Å². The molecule has 0 rings (SSSR count). The molecule has 9 heteroatoms. The lowest BCUT2D eigenvalue weighted by molar-refractivity contribution is -0.870. The normalized spacial score (nSPS) is 14.0. The number of aliphatic hydroxyl groups excluding tert-OH is 1. The van der Waals surface area contributed by atoms with Crippen molar-refractivity contribution < 1.29 is 32.9 Å². The number of hydrogen-bond acceptors (Lipinski definition) is 5. The summed E-state index contributed by atoms with van der Waals surface area (Å²) in [5.74, 6) is -0.170. The molecule has 0 spiro atoms. The zero-order chi connectivity index (χ0) is 63.4. The second kappa shape index (κ2) is 68.3. The van der Waals surface area contributed by atoms with Crippen molar-refractivity contribution in [3.8, 4) is 0 Å². The standard InChI is InChI=1S/C78H147N2O6P/c1-6-8-10-12-14-16-18-20-22-24-26-28-30-32-34-35-36-37-38-39-40-41-42-43-44-45-46-48-50-52-54-56-58-60-62-64-66-68-70-72-78(82)79-76(75-86-87(83,84)85-74-73-80(3,4)5)77(81)71-69-67-65-63-61-59-57-55-53-51-49-47-33-31-29-27-25-23-21-19-17-15-13-11-9-7-2/h8,10,14,16,20,22,26,28,32,34,69,71,76-77,81H,6-7,9,11-13,15,17-19,21,23-25,27,29-31,33,35-68,70,72-75H2,1-5H3,(H-,79,82,83,84)/p+1/b10-8-,16-14-,22-20-,28-26-,34-32-,71-69+. The molecule has 8 nitrogen and oxygen atoms in total. The van der Waals surface area contributed by atoms with E-state index >= 15 is 0 Å². The molecule has 3 N–H and O–H groups in total. The lowest BCUT2D eigenvalue weighted by Crippen LogP contribution is -2.45. The largest absolute Gasteiger partial charge is 0.472 e. The maximum absolute atomic E-state index is 13.1. The average Bonchev–Trinajstić information content (AvgIpc) is 3.69. The van der Waals surface area contributed by atoms with E-state index in [4.69, 9.17) is 9.05 Å². The third-order valence-electron chi connectivity index (χ3n) is 17.2. The quantitative estimate of drug-likeness (QED) is 0.0243. The second-order valence-electron chi connectivity index (χ2n) is 27.0. The van der Waals surface area contributed by atoms with Crippen molar-refractivity contribution in [2.24, 2.45) is 0 Å². The van der Waals surface area contributed by atoms with Crippen molar-refractivity contribution in [1.29, 1.82) is 0 Å². The molecule has 0 heterocycles. The van der Waals surface area contributed by atoms with E-state index < -0.39 is 20.0 Å². The monoisotopic (exact) mass is 1240 g/mol. The molecule has 0 aliphatic carbocycles. The molecule has 1 amide bonds. The summed E-state index contributed by atoms with van der Waals surface area (Å²) in [6.07, 6.45) is 96.4. The minimum atomic E-state index is -4.36. The van der Waals surface area contributed by atoms with Gasteiger partial charge in [0.05, 0.1) is 39.9 Å². The topological polar surface area (TPSA) is 105 Å². The number of nitrogens with zero attached hydrogens (tertiary/aromatic N) is 1. The van der Waals surface area contributed by atoms with E-state index in [1.165, 1.54) is 276 Å². The SMILES string of the molecule is CC/C=C\C/C=C\C/C=C\C/C=C\C/C=C\CCCCCCCCCCCCCCCCCCCCCCCCCC(=O)NC(COP(=O)(O)OCC[N+](C)(C)C)C(O)/C=C/CCCCCCCCCCCCCCCCCCCCCCCCCC. The number of likely N-dealkylation sites (N-methyl/N-ethyl adjacent to an activating group) is 1. The number of aliphatic hydroxyl groups is 1. The van der Waals surface area contributed by atoms with Gasteiger partial charge in [0.2, 0.25) is 5.91 Å². The van der Waals surface area contributed by atoms with Gasteiger partial charge in [-0.1, -0.05) is 369 Å². The number of hydrogen-bond donors (Lipinski definition) is 3. The van der Waals surface area contributed by atoms with Crippen LogP contribution >= 0.6 is 7.82 Å². The summed E-state index contributed by atoms with van der Waals surface area (Å²) >= 11 is 0. The second-order valence-corrected chi connectivity index (χ2v) is 28.5. The van der Waals surface area contributed by atoms with Crippen molar-refractivity contribution in [1.82, 2.24) is 5.32 Å². The highest BCUT2D eigenvalue weighted by atomic mass is 31.2. The van der Waals surface area contributed by atoms with Crippen LogP contribution in [0.4, 0.5) is 0 Å². The maximum Gasteiger partial charge on any atom is 0.472 e. The van der Waals surface area contributed by atoms with Gasteiger partial charge in [-0.05, 0) is 64.2 Å². The summed E-state index contributed by atoms with van der Waals surface area (Å²) in [7, 11) is 1.59. The van der Waals surface area contributed by atoms with E-state index in [2.05, 4.69) is 79.9 Å². The number of phosphoric acid groups is 1. The molecule has 0 aliphatic heterocycles. The van der Waals surface area contributed by atoms with Gasteiger partial charge in [0.15, 0.2) is 0 Å². The fourth-order valence-electron chi connectivity index (χ4n) is 11.4. The van der Waals surface area contributed by atoms with Gasteiger partial charge in [-0.2, -0.15) is 0 Å². The van der Waals surface area contributed by atoms with E-state index in [0.717, 1.165) is 70.6 Å². The van der Waals surface area contributed by atoms with E-state index in [1.807, 2.05) is 27.2 Å². The number of carbonyl (C=O) groups is 1. The van der Waals surface area contributed by atoms with Crippen molar-refractivity contribution in [2.75, 3.05) is 40.9 Å². The van der Waals surface area contributed by atoms with Crippen LogP contribution in [0.25, 0.3) is 0 Å². The third kappa shape index (κ3) is 71.2. The Balaban J connectivity index is 3.96. The van der Waals surface area contributed by atoms with Crippen LogP contribution in [-0.4, -0.2) is 73.4 Å². The molecule has 0 saturated heterocycles. The Kier molecular flexibility index (Phi) is 66.7. The molecule has 0 aromatic carbocycles. The lowest BCUT2D eigenvalue weighted by atomic mass is 10.0. The van der Waals surface area contributed by atoms with Crippen molar-refractivity contribution in [2.45, 2.75) is 379 Å². The van der Waals surface area contributed by atoms with E-state index in [-0.39, 0.29) is 19.1 Å². The highest BCUT2D eigenvalue weighted by Gasteiger charge is 2.28. The first-order valence-corrected chi connectivity index (χ1v) is 39.3. The number of nitrogens with one attached hydrogen (secondary N) is 1. The van der Waals surface area contributed by atoms with Crippen LogP contribution in [0, 0.1) is 0 Å². The molecule has 3 unspecified atom stereocenters. The number of phosphoric ester groups is 1. The van der Waals surface area contributed by atoms with Gasteiger partial charge in [0.1, 0.15) is 13.2 Å². The number of rotatable bonds is 70. The molecule has 0 bridgehead atoms. The van der Waals surface area contributed by atoms with Crippen LogP contribution < -0.4 is 5.32 Å². The zero-order valence-corrected chi connectivity index (χ0v) is 59.4. The predicted octanol–water partition coefficient (Wildman–Crippen LogP) is 24.5. The van der Waals surface area contributed by atoms with Crippen LogP contribution in [0.3, 0.4) is 0 Å². The van der Waals surface area contributed by atoms with Crippen LogP contribution in [-0.2, 0) is 18.4 Å². The Bertz CT molecular complexity index is 1650. The summed E-state index contributed by atoms with van der Waals surface area (Å²) in [6.45, 7) is 4.75. The lowest BCUT2D eigenvalue weighted by Gasteiger charge is -2.25. The number of amides is 1.